The van der Waals surface area contributed by atoms with E-state index < -0.39 is 0 Å². The summed E-state index contributed by atoms with van der Waals surface area (Å²) < 4.78 is 0. The van der Waals surface area contributed by atoms with E-state index in [-0.39, 0.29) is 31.0 Å². The summed E-state index contributed by atoms with van der Waals surface area (Å²) in [6.07, 6.45) is 0.666. The Bertz CT molecular complexity index is 584. The Morgan fingerprint density at radius 2 is 2.05 bits per heavy atom. The van der Waals surface area contributed by atoms with E-state index in [1.54, 1.807) is 0 Å². The molecule has 0 saturated carbocycles. The number of piperazine rings is 1. The van der Waals surface area contributed by atoms with Gasteiger partial charge in [0, 0.05) is 12.1 Å². The molecule has 0 bridgehead atoms. The van der Waals surface area contributed by atoms with Crippen molar-refractivity contribution in [3.8, 4) is 11.8 Å². The Balaban J connectivity index is 2.08. The highest BCUT2D eigenvalue weighted by molar-refractivity contribution is 6.01. The maximum Gasteiger partial charge on any atom is 0.243 e. The number of amides is 2. The summed E-state index contributed by atoms with van der Waals surface area (Å²) in [6, 6.07) is 7.31. The molecule has 5 nitrogen and oxygen atoms in total. The fourth-order valence-corrected chi connectivity index (χ4v) is 2.40. The molecular weight excluding hydrogens is 268 g/mol. The predicted octanol–water partition coefficient (Wildman–Crippen LogP) is 0.267. The highest BCUT2D eigenvalue weighted by atomic mass is 16.2. The molecule has 110 valence electrons. The van der Waals surface area contributed by atoms with Gasteiger partial charge in [-0.2, -0.15) is 0 Å². The number of hydrogen-bond donors (Lipinski definition) is 2. The molecule has 0 spiro atoms. The minimum atomic E-state index is -0.267. The van der Waals surface area contributed by atoms with Gasteiger partial charge in [-0.1, -0.05) is 30.9 Å². The second-order valence-electron chi connectivity index (χ2n) is 4.90. The molecule has 21 heavy (non-hydrogen) atoms. The van der Waals surface area contributed by atoms with Gasteiger partial charge in [-0.25, -0.2) is 0 Å². The smallest absolute Gasteiger partial charge is 0.243 e. The van der Waals surface area contributed by atoms with Gasteiger partial charge in [-0.15, -0.1) is 0 Å². The number of carbonyl (C=O) groups is 2. The van der Waals surface area contributed by atoms with Gasteiger partial charge in [0.15, 0.2) is 0 Å². The molecule has 1 aliphatic heterocycles. The minimum Gasteiger partial charge on any atom is -0.384 e. The quantitative estimate of drug-likeness (QED) is 0.618. The average molecular weight is 286 g/mol. The zero-order chi connectivity index (χ0) is 15.2. The maximum atomic E-state index is 11.8. The van der Waals surface area contributed by atoms with Crippen LogP contribution in [0, 0.1) is 11.8 Å². The molecule has 0 radical (unpaired) electrons. The third-order valence-corrected chi connectivity index (χ3v) is 3.39. The van der Waals surface area contributed by atoms with Crippen molar-refractivity contribution in [2.75, 3.05) is 13.2 Å². The Labute approximate surface area is 124 Å². The van der Waals surface area contributed by atoms with Crippen LogP contribution in [-0.2, 0) is 16.1 Å². The van der Waals surface area contributed by atoms with Crippen molar-refractivity contribution in [2.45, 2.75) is 25.9 Å². The van der Waals surface area contributed by atoms with Gasteiger partial charge >= 0.3 is 0 Å². The molecule has 1 saturated heterocycles. The fraction of sp³-hybridized carbons (Fsp3) is 0.375. The monoisotopic (exact) mass is 286 g/mol. The van der Waals surface area contributed by atoms with Gasteiger partial charge in [0.1, 0.15) is 6.61 Å². The number of nitrogens with zero attached hydrogens (tertiary/aromatic N) is 1. The number of nitrogens with one attached hydrogen (secondary N) is 1. The molecule has 0 aromatic heterocycles. The summed E-state index contributed by atoms with van der Waals surface area (Å²) in [5.41, 5.74) is 1.85. The van der Waals surface area contributed by atoms with E-state index >= 15 is 0 Å². The molecule has 1 aliphatic rings. The lowest BCUT2D eigenvalue weighted by Crippen LogP contribution is -2.57. The van der Waals surface area contributed by atoms with Crippen LogP contribution in [0.2, 0.25) is 0 Å². The maximum absolute atomic E-state index is 11.8. The standard InChI is InChI=1S/C16H18N2O3/c1-2-14-16(21)17-15(20)11-18(14)10-13-7-5-12(6-8-13)4-3-9-19/h5-8,14,19H,2,9-11H2,1H3,(H,17,20,21). The molecule has 5 heteroatoms. The van der Waals surface area contributed by atoms with E-state index in [1.807, 2.05) is 36.1 Å². The Kier molecular flexibility index (Phi) is 5.09. The van der Waals surface area contributed by atoms with Gasteiger partial charge in [0.25, 0.3) is 0 Å². The first kappa shape index (κ1) is 15.2. The van der Waals surface area contributed by atoms with E-state index in [2.05, 4.69) is 17.2 Å². The lowest BCUT2D eigenvalue weighted by Gasteiger charge is -2.33. The topological polar surface area (TPSA) is 69.6 Å². The molecular formula is C16H18N2O3. The average Bonchev–Trinajstić information content (AvgIpc) is 2.46. The first-order valence-corrected chi connectivity index (χ1v) is 6.90. The Hall–Kier alpha value is -2.16. The second kappa shape index (κ2) is 7.02. The van der Waals surface area contributed by atoms with E-state index in [4.69, 9.17) is 5.11 Å². The SMILES string of the molecule is CCC1C(=O)NC(=O)CN1Cc1ccc(C#CCO)cc1. The zero-order valence-corrected chi connectivity index (χ0v) is 11.9. The zero-order valence-electron chi connectivity index (χ0n) is 11.9. The summed E-state index contributed by atoms with van der Waals surface area (Å²) >= 11 is 0. The highest BCUT2D eigenvalue weighted by Gasteiger charge is 2.32. The molecule has 1 heterocycles. The summed E-state index contributed by atoms with van der Waals surface area (Å²) in [5, 5.41) is 11.0. The summed E-state index contributed by atoms with van der Waals surface area (Å²) in [6.45, 7) is 2.55. The third-order valence-electron chi connectivity index (χ3n) is 3.39. The van der Waals surface area contributed by atoms with Crippen LogP contribution in [0.15, 0.2) is 24.3 Å². The third kappa shape index (κ3) is 3.91. The molecule has 2 rings (SSSR count). The van der Waals surface area contributed by atoms with Crippen LogP contribution < -0.4 is 5.32 Å². The van der Waals surface area contributed by atoms with Crippen LogP contribution in [-0.4, -0.2) is 41.0 Å². The van der Waals surface area contributed by atoms with Crippen molar-refractivity contribution in [1.29, 1.82) is 0 Å². The van der Waals surface area contributed by atoms with Crippen molar-refractivity contribution in [3.05, 3.63) is 35.4 Å². The van der Waals surface area contributed by atoms with E-state index in [0.29, 0.717) is 13.0 Å². The number of rotatable bonds is 3. The van der Waals surface area contributed by atoms with Crippen LogP contribution >= 0.6 is 0 Å². The molecule has 1 aromatic rings. The number of hydrogen-bond acceptors (Lipinski definition) is 4. The lowest BCUT2D eigenvalue weighted by atomic mass is 10.1. The van der Waals surface area contributed by atoms with Crippen molar-refractivity contribution in [3.63, 3.8) is 0 Å². The molecule has 0 aliphatic carbocycles. The Morgan fingerprint density at radius 1 is 1.33 bits per heavy atom. The van der Waals surface area contributed by atoms with Crippen LogP contribution in [0.1, 0.15) is 24.5 Å². The Morgan fingerprint density at radius 3 is 2.67 bits per heavy atom. The van der Waals surface area contributed by atoms with E-state index in [1.165, 1.54) is 0 Å². The number of aliphatic hydroxyl groups excluding tert-OH is 1. The molecule has 1 fully saturated rings. The number of imide groups is 1. The lowest BCUT2D eigenvalue weighted by molar-refractivity contribution is -0.140. The second-order valence-corrected chi connectivity index (χ2v) is 4.90. The number of benzene rings is 1. The van der Waals surface area contributed by atoms with E-state index in [0.717, 1.165) is 11.1 Å². The number of aliphatic hydroxyl groups is 1. The molecule has 1 aromatic carbocycles. The van der Waals surface area contributed by atoms with Crippen molar-refractivity contribution >= 4 is 11.8 Å². The summed E-state index contributed by atoms with van der Waals surface area (Å²) in [4.78, 5) is 25.2. The predicted molar refractivity (Wildman–Crippen MR) is 78.0 cm³/mol. The van der Waals surface area contributed by atoms with Crippen molar-refractivity contribution in [2.24, 2.45) is 0 Å². The van der Waals surface area contributed by atoms with Crippen molar-refractivity contribution < 1.29 is 14.7 Å². The van der Waals surface area contributed by atoms with Crippen LogP contribution in [0.25, 0.3) is 0 Å². The van der Waals surface area contributed by atoms with Crippen LogP contribution in [0.5, 0.6) is 0 Å². The first-order valence-electron chi connectivity index (χ1n) is 6.90. The summed E-state index contributed by atoms with van der Waals surface area (Å²) in [7, 11) is 0. The van der Waals surface area contributed by atoms with Gasteiger partial charge in [-0.3, -0.25) is 19.8 Å². The highest BCUT2D eigenvalue weighted by Crippen LogP contribution is 2.14. The van der Waals surface area contributed by atoms with Gasteiger partial charge in [0.05, 0.1) is 12.6 Å². The van der Waals surface area contributed by atoms with Gasteiger partial charge < -0.3 is 5.11 Å². The fourth-order valence-electron chi connectivity index (χ4n) is 2.40. The molecule has 1 unspecified atom stereocenters. The first-order chi connectivity index (χ1) is 10.1. The minimum absolute atomic E-state index is 0.162. The van der Waals surface area contributed by atoms with E-state index in [9.17, 15) is 9.59 Å². The van der Waals surface area contributed by atoms with Crippen molar-refractivity contribution in [1.82, 2.24) is 10.2 Å². The normalized spacial score (nSPS) is 18.9. The van der Waals surface area contributed by atoms with Crippen LogP contribution in [0.3, 0.4) is 0 Å². The largest absolute Gasteiger partial charge is 0.384 e. The van der Waals surface area contributed by atoms with Crippen LogP contribution in [0.4, 0.5) is 0 Å². The number of carbonyl (C=O) groups excluding carboxylic acids is 2. The summed E-state index contributed by atoms with van der Waals surface area (Å²) in [5.74, 6) is 4.94. The molecule has 2 N–H and O–H groups in total. The molecule has 1 atom stereocenters. The van der Waals surface area contributed by atoms with Gasteiger partial charge in [-0.05, 0) is 24.1 Å². The molecule has 2 amide bonds. The van der Waals surface area contributed by atoms with Gasteiger partial charge in [0.2, 0.25) is 11.8 Å².